The Bertz CT molecular complexity index is 693. The van der Waals surface area contributed by atoms with Gasteiger partial charge in [0, 0.05) is 5.56 Å². The second-order valence-electron chi connectivity index (χ2n) is 4.03. The molecule has 1 N–H and O–H groups in total. The van der Waals surface area contributed by atoms with Crippen molar-refractivity contribution in [3.8, 4) is 11.5 Å². The van der Waals surface area contributed by atoms with E-state index < -0.39 is 47.2 Å². The van der Waals surface area contributed by atoms with Crippen molar-refractivity contribution >= 4 is 5.97 Å². The highest BCUT2D eigenvalue weighted by atomic mass is 19.4. The summed E-state index contributed by atoms with van der Waals surface area (Å²) >= 11 is 0. The summed E-state index contributed by atoms with van der Waals surface area (Å²) in [6, 6.07) is 0.829. The topological polar surface area (TPSA) is 63.3 Å². The fraction of sp³-hybridized carbons (Fsp3) is 0.167. The molecular weight excluding hydrogens is 301 g/mol. The smallest absolute Gasteiger partial charge is 0.419 e. The molecule has 0 aliphatic heterocycles. The second-order valence-corrected chi connectivity index (χ2v) is 4.03. The molecule has 2 aromatic rings. The molecule has 112 valence electrons. The number of nitrogens with zero attached hydrogens (tertiary/aromatic N) is 1. The molecule has 0 fully saturated rings. The normalized spacial score (nSPS) is 11.7. The Morgan fingerprint density at radius 3 is 2.52 bits per heavy atom. The quantitative estimate of drug-likeness (QED) is 0.884. The Kier molecular flexibility index (Phi) is 3.67. The Morgan fingerprint density at radius 2 is 1.95 bits per heavy atom. The fourth-order valence-corrected chi connectivity index (χ4v) is 1.59. The average molecular weight is 307 g/mol. The van der Waals surface area contributed by atoms with Crippen LogP contribution in [0.15, 0.2) is 22.8 Å². The first-order valence-electron chi connectivity index (χ1n) is 5.41. The lowest BCUT2D eigenvalue weighted by Crippen LogP contribution is -2.10. The highest BCUT2D eigenvalue weighted by Gasteiger charge is 2.36. The minimum Gasteiger partial charge on any atom is -0.481 e. The predicted molar refractivity (Wildman–Crippen MR) is 58.2 cm³/mol. The van der Waals surface area contributed by atoms with E-state index in [0.29, 0.717) is 12.1 Å². The van der Waals surface area contributed by atoms with Crippen LogP contribution in [0, 0.1) is 11.6 Å². The molecule has 1 heterocycles. The van der Waals surface area contributed by atoms with Gasteiger partial charge in [0.05, 0.1) is 17.7 Å². The van der Waals surface area contributed by atoms with Gasteiger partial charge in [-0.05, 0) is 12.1 Å². The number of carbonyl (C=O) groups is 1. The third-order valence-corrected chi connectivity index (χ3v) is 2.46. The van der Waals surface area contributed by atoms with E-state index in [1.54, 1.807) is 0 Å². The standard InChI is InChI=1S/C12H6F5NO3/c13-8-2-5(1-7(10(8)14)12(15,16)17)11-18-6(4-21-11)3-9(19)20/h1-2,4H,3H2,(H,19,20). The van der Waals surface area contributed by atoms with E-state index in [4.69, 9.17) is 9.52 Å². The van der Waals surface area contributed by atoms with Gasteiger partial charge in [-0.2, -0.15) is 13.2 Å². The number of hydrogen-bond donors (Lipinski definition) is 1. The van der Waals surface area contributed by atoms with Crippen molar-refractivity contribution in [2.45, 2.75) is 12.6 Å². The zero-order valence-corrected chi connectivity index (χ0v) is 10.0. The summed E-state index contributed by atoms with van der Waals surface area (Å²) < 4.78 is 68.9. The van der Waals surface area contributed by atoms with Crippen molar-refractivity contribution in [3.63, 3.8) is 0 Å². The summed E-state index contributed by atoms with van der Waals surface area (Å²) in [6.07, 6.45) is -4.69. The van der Waals surface area contributed by atoms with Gasteiger partial charge in [0.25, 0.3) is 0 Å². The van der Waals surface area contributed by atoms with Crippen LogP contribution in [0.4, 0.5) is 22.0 Å². The molecule has 0 amide bonds. The van der Waals surface area contributed by atoms with E-state index >= 15 is 0 Å². The lowest BCUT2D eigenvalue weighted by atomic mass is 10.1. The van der Waals surface area contributed by atoms with E-state index in [-0.39, 0.29) is 5.69 Å². The van der Waals surface area contributed by atoms with Gasteiger partial charge in [-0.1, -0.05) is 0 Å². The highest BCUT2D eigenvalue weighted by molar-refractivity contribution is 5.69. The molecule has 0 bridgehead atoms. The molecule has 4 nitrogen and oxygen atoms in total. The van der Waals surface area contributed by atoms with Gasteiger partial charge in [-0.15, -0.1) is 0 Å². The highest BCUT2D eigenvalue weighted by Crippen LogP contribution is 2.35. The monoisotopic (exact) mass is 307 g/mol. The molecule has 0 aliphatic rings. The third kappa shape index (κ3) is 3.18. The van der Waals surface area contributed by atoms with E-state index in [0.717, 1.165) is 6.26 Å². The third-order valence-electron chi connectivity index (χ3n) is 2.46. The predicted octanol–water partition coefficient (Wildman–Crippen LogP) is 3.27. The van der Waals surface area contributed by atoms with Crippen molar-refractivity contribution in [2.24, 2.45) is 0 Å². The zero-order chi connectivity index (χ0) is 15.8. The minimum absolute atomic E-state index is 0.0595. The summed E-state index contributed by atoms with van der Waals surface area (Å²) in [5, 5.41) is 8.54. The van der Waals surface area contributed by atoms with Gasteiger partial charge in [-0.25, -0.2) is 13.8 Å². The molecule has 0 saturated heterocycles. The summed E-state index contributed by atoms with van der Waals surface area (Å²) in [7, 11) is 0. The number of aliphatic carboxylic acids is 1. The van der Waals surface area contributed by atoms with Gasteiger partial charge in [0.2, 0.25) is 5.89 Å². The number of carboxylic acids is 1. The molecule has 1 aromatic heterocycles. The zero-order valence-electron chi connectivity index (χ0n) is 10.0. The summed E-state index contributed by atoms with van der Waals surface area (Å²) in [5.41, 5.74) is -2.30. The maximum absolute atomic E-state index is 13.2. The number of oxazole rings is 1. The second kappa shape index (κ2) is 5.15. The first-order valence-corrected chi connectivity index (χ1v) is 5.41. The Balaban J connectivity index is 2.47. The molecule has 2 rings (SSSR count). The Labute approximate surface area is 113 Å². The van der Waals surface area contributed by atoms with Crippen molar-refractivity contribution in [3.05, 3.63) is 41.3 Å². The van der Waals surface area contributed by atoms with E-state index in [9.17, 15) is 26.7 Å². The molecule has 9 heteroatoms. The molecule has 0 saturated carbocycles. The van der Waals surface area contributed by atoms with Crippen LogP contribution in [0.1, 0.15) is 11.3 Å². The molecule has 21 heavy (non-hydrogen) atoms. The van der Waals surface area contributed by atoms with Crippen LogP contribution in [0.2, 0.25) is 0 Å². The first kappa shape index (κ1) is 14.9. The van der Waals surface area contributed by atoms with E-state index in [1.807, 2.05) is 0 Å². The number of aromatic nitrogens is 1. The number of hydrogen-bond acceptors (Lipinski definition) is 3. The van der Waals surface area contributed by atoms with E-state index in [1.165, 1.54) is 0 Å². The van der Waals surface area contributed by atoms with Gasteiger partial charge in [-0.3, -0.25) is 4.79 Å². The van der Waals surface area contributed by atoms with Crippen LogP contribution in [-0.2, 0) is 17.4 Å². The SMILES string of the molecule is O=C(O)Cc1coc(-c2cc(F)c(F)c(C(F)(F)F)c2)n1. The molecule has 0 atom stereocenters. The number of halogens is 5. The van der Waals surface area contributed by atoms with Crippen LogP contribution < -0.4 is 0 Å². The molecular formula is C12H6F5NO3. The van der Waals surface area contributed by atoms with Crippen LogP contribution >= 0.6 is 0 Å². The van der Waals surface area contributed by atoms with Crippen LogP contribution in [0.3, 0.4) is 0 Å². The molecule has 0 spiro atoms. The number of rotatable bonds is 3. The maximum Gasteiger partial charge on any atom is 0.419 e. The van der Waals surface area contributed by atoms with Gasteiger partial charge in [0.1, 0.15) is 6.26 Å². The van der Waals surface area contributed by atoms with Crippen molar-refractivity contribution in [2.75, 3.05) is 0 Å². The molecule has 1 aromatic carbocycles. The Hall–Kier alpha value is -2.45. The fourth-order valence-electron chi connectivity index (χ4n) is 1.59. The van der Waals surface area contributed by atoms with Crippen molar-refractivity contribution < 1.29 is 36.3 Å². The van der Waals surface area contributed by atoms with Gasteiger partial charge < -0.3 is 9.52 Å². The minimum atomic E-state index is -5.09. The molecule has 0 aliphatic carbocycles. The van der Waals surface area contributed by atoms with Crippen LogP contribution in [0.25, 0.3) is 11.5 Å². The van der Waals surface area contributed by atoms with Crippen LogP contribution in [-0.4, -0.2) is 16.1 Å². The van der Waals surface area contributed by atoms with Gasteiger partial charge >= 0.3 is 12.1 Å². The van der Waals surface area contributed by atoms with E-state index in [2.05, 4.69) is 4.98 Å². The summed E-state index contributed by atoms with van der Waals surface area (Å²) in [6.45, 7) is 0. The number of benzene rings is 1. The maximum atomic E-state index is 13.2. The summed E-state index contributed by atoms with van der Waals surface area (Å²) in [5.74, 6) is -5.40. The average Bonchev–Trinajstić information content (AvgIpc) is 2.78. The van der Waals surface area contributed by atoms with Crippen molar-refractivity contribution in [1.82, 2.24) is 4.98 Å². The largest absolute Gasteiger partial charge is 0.481 e. The molecule has 0 unspecified atom stereocenters. The number of alkyl halides is 3. The van der Waals surface area contributed by atoms with Gasteiger partial charge in [0.15, 0.2) is 11.6 Å². The number of carboxylic acid groups (broad SMARTS) is 1. The van der Waals surface area contributed by atoms with Crippen LogP contribution in [0.5, 0.6) is 0 Å². The molecule has 0 radical (unpaired) electrons. The van der Waals surface area contributed by atoms with Crippen molar-refractivity contribution in [1.29, 1.82) is 0 Å². The lowest BCUT2D eigenvalue weighted by molar-refractivity contribution is -0.140. The lowest BCUT2D eigenvalue weighted by Gasteiger charge is -2.09. The first-order chi connectivity index (χ1) is 9.68. The summed E-state index contributed by atoms with van der Waals surface area (Å²) in [4.78, 5) is 14.1. The Morgan fingerprint density at radius 1 is 1.29 bits per heavy atom.